The van der Waals surface area contributed by atoms with Crippen LogP contribution in [0.4, 0.5) is 34.1 Å². The first kappa shape index (κ1) is 32.7. The average Bonchev–Trinajstić information content (AvgIpc) is 3.62. The topological polar surface area (TPSA) is 6.48 Å². The zero-order valence-corrected chi connectivity index (χ0v) is 32.1. The molecule has 0 spiro atoms. The van der Waals surface area contributed by atoms with Gasteiger partial charge in [-0.05, 0) is 106 Å². The van der Waals surface area contributed by atoms with Gasteiger partial charge in [0.15, 0.2) is 0 Å². The Bertz CT molecular complexity index is 3020. The van der Waals surface area contributed by atoms with Crippen LogP contribution in [0.3, 0.4) is 0 Å². The first-order chi connectivity index (χ1) is 27.6. The Hall–Kier alpha value is -6.68. The molecule has 9 aromatic carbocycles. The monoisotopic (exact) mass is 734 g/mol. The van der Waals surface area contributed by atoms with Crippen molar-refractivity contribution in [3.63, 3.8) is 0 Å². The van der Waals surface area contributed by atoms with Gasteiger partial charge in [-0.2, -0.15) is 0 Å². The number of hydrogen-bond donors (Lipinski definition) is 0. The minimum atomic E-state index is -0.222. The molecule has 0 unspecified atom stereocenters. The molecule has 1 aliphatic carbocycles. The maximum absolute atomic E-state index is 2.53. The van der Waals surface area contributed by atoms with Gasteiger partial charge in [-0.15, -0.1) is 11.3 Å². The zero-order valence-electron chi connectivity index (χ0n) is 31.3. The molecule has 0 N–H and O–H groups in total. The van der Waals surface area contributed by atoms with Gasteiger partial charge in [-0.1, -0.05) is 135 Å². The number of para-hydroxylation sites is 4. The molecule has 0 atom stereocenters. The van der Waals surface area contributed by atoms with E-state index in [2.05, 4.69) is 218 Å². The number of fused-ring (bicyclic) bond motifs is 7. The van der Waals surface area contributed by atoms with Crippen LogP contribution in [0.2, 0.25) is 0 Å². The molecule has 0 saturated heterocycles. The van der Waals surface area contributed by atoms with Crippen LogP contribution in [0.1, 0.15) is 25.0 Å². The fraction of sp³-hybridized carbons (Fsp3) is 0.0566. The van der Waals surface area contributed by atoms with Gasteiger partial charge in [0, 0.05) is 59.1 Å². The molecular formula is C53H38N2S. The van der Waals surface area contributed by atoms with E-state index in [0.717, 1.165) is 22.7 Å². The van der Waals surface area contributed by atoms with Gasteiger partial charge < -0.3 is 9.80 Å². The van der Waals surface area contributed by atoms with E-state index in [1.54, 1.807) is 0 Å². The van der Waals surface area contributed by atoms with E-state index in [-0.39, 0.29) is 5.41 Å². The SMILES string of the molecule is CC1(C)c2cc3c(cc2-c2ccc(N(c4ccccc4)c4ccccc4)c4cccc1c24)sc1cc(N(c2ccccc2)c2ccccc2)c2ccccc2c13. The van der Waals surface area contributed by atoms with Gasteiger partial charge in [-0.3, -0.25) is 0 Å². The Morgan fingerprint density at radius 2 is 0.875 bits per heavy atom. The van der Waals surface area contributed by atoms with Crippen LogP contribution < -0.4 is 9.80 Å². The molecular weight excluding hydrogens is 697 g/mol. The summed E-state index contributed by atoms with van der Waals surface area (Å²) < 4.78 is 2.61. The van der Waals surface area contributed by atoms with E-state index in [9.17, 15) is 0 Å². The molecule has 0 radical (unpaired) electrons. The van der Waals surface area contributed by atoms with E-state index in [1.165, 1.54) is 75.3 Å². The number of thiophene rings is 1. The van der Waals surface area contributed by atoms with Crippen LogP contribution in [0.15, 0.2) is 194 Å². The maximum atomic E-state index is 2.53. The first-order valence-corrected chi connectivity index (χ1v) is 20.2. The van der Waals surface area contributed by atoms with Crippen molar-refractivity contribution >= 4 is 87.2 Å². The van der Waals surface area contributed by atoms with Crippen LogP contribution in [-0.2, 0) is 5.41 Å². The Labute approximate surface area is 331 Å². The maximum Gasteiger partial charge on any atom is 0.0554 e. The summed E-state index contributed by atoms with van der Waals surface area (Å²) >= 11 is 1.91. The Balaban J connectivity index is 1.16. The van der Waals surface area contributed by atoms with Gasteiger partial charge in [0.2, 0.25) is 0 Å². The van der Waals surface area contributed by atoms with Crippen LogP contribution in [-0.4, -0.2) is 0 Å². The third-order valence-corrected chi connectivity index (χ3v) is 12.9. The lowest BCUT2D eigenvalue weighted by Crippen LogP contribution is -2.24. The van der Waals surface area contributed by atoms with Gasteiger partial charge >= 0.3 is 0 Å². The lowest BCUT2D eigenvalue weighted by Gasteiger charge is -2.36. The Kier molecular flexibility index (Phi) is 7.42. The fourth-order valence-electron chi connectivity index (χ4n) is 9.23. The second-order valence-corrected chi connectivity index (χ2v) is 16.4. The van der Waals surface area contributed by atoms with Gasteiger partial charge in [0.05, 0.1) is 11.4 Å². The highest BCUT2D eigenvalue weighted by Crippen LogP contribution is 2.54. The van der Waals surface area contributed by atoms with Crippen LogP contribution in [0, 0.1) is 0 Å². The molecule has 0 saturated carbocycles. The number of anilines is 6. The molecule has 266 valence electrons. The molecule has 0 fully saturated rings. The average molecular weight is 735 g/mol. The molecule has 1 aromatic heterocycles. The van der Waals surface area contributed by atoms with Gasteiger partial charge in [-0.25, -0.2) is 0 Å². The lowest BCUT2D eigenvalue weighted by molar-refractivity contribution is 0.646. The van der Waals surface area contributed by atoms with Crippen LogP contribution in [0.25, 0.3) is 52.8 Å². The molecule has 10 aromatic rings. The van der Waals surface area contributed by atoms with Crippen LogP contribution >= 0.6 is 11.3 Å². The minimum absolute atomic E-state index is 0.222. The van der Waals surface area contributed by atoms with Crippen molar-refractivity contribution in [3.05, 3.63) is 205 Å². The molecule has 0 bridgehead atoms. The van der Waals surface area contributed by atoms with Crippen molar-refractivity contribution in [1.82, 2.24) is 0 Å². The molecule has 11 rings (SSSR count). The second-order valence-electron chi connectivity index (χ2n) is 15.3. The summed E-state index contributed by atoms with van der Waals surface area (Å²) in [6.07, 6.45) is 0. The van der Waals surface area contributed by atoms with Crippen molar-refractivity contribution in [3.8, 4) is 11.1 Å². The molecule has 2 nitrogen and oxygen atoms in total. The Morgan fingerprint density at radius 3 is 1.46 bits per heavy atom. The highest BCUT2D eigenvalue weighted by molar-refractivity contribution is 7.26. The summed E-state index contributed by atoms with van der Waals surface area (Å²) in [6.45, 7) is 4.83. The largest absolute Gasteiger partial charge is 0.310 e. The van der Waals surface area contributed by atoms with Crippen molar-refractivity contribution in [2.24, 2.45) is 0 Å². The molecule has 0 amide bonds. The molecule has 1 heterocycles. The predicted octanol–water partition coefficient (Wildman–Crippen LogP) is 15.6. The second kappa shape index (κ2) is 12.7. The van der Waals surface area contributed by atoms with E-state index >= 15 is 0 Å². The highest BCUT2D eigenvalue weighted by atomic mass is 32.1. The molecule has 1 aliphatic rings. The number of nitrogens with zero attached hydrogens (tertiary/aromatic N) is 2. The Morgan fingerprint density at radius 1 is 0.357 bits per heavy atom. The molecule has 0 aliphatic heterocycles. The smallest absolute Gasteiger partial charge is 0.0554 e. The summed E-state index contributed by atoms with van der Waals surface area (Å²) in [6, 6.07) is 71.0. The predicted molar refractivity (Wildman–Crippen MR) is 241 cm³/mol. The van der Waals surface area contributed by atoms with E-state index < -0.39 is 0 Å². The number of hydrogen-bond acceptors (Lipinski definition) is 3. The zero-order chi connectivity index (χ0) is 37.4. The van der Waals surface area contributed by atoms with Crippen molar-refractivity contribution < 1.29 is 0 Å². The summed E-state index contributed by atoms with van der Waals surface area (Å²) in [5.41, 5.74) is 12.1. The quantitative estimate of drug-likeness (QED) is 0.168. The molecule has 3 heteroatoms. The third-order valence-electron chi connectivity index (χ3n) is 11.8. The fourth-order valence-corrected chi connectivity index (χ4v) is 10.4. The summed E-state index contributed by atoms with van der Waals surface area (Å²) in [5, 5.41) is 7.80. The summed E-state index contributed by atoms with van der Waals surface area (Å²) in [4.78, 5) is 4.81. The number of benzene rings is 9. The van der Waals surface area contributed by atoms with Crippen LogP contribution in [0.5, 0.6) is 0 Å². The standard InChI is InChI=1S/C53H38N2S/c1-53(2)45-29-17-28-42-47(54(35-18-7-3-8-19-35)36-20-9-4-10-21-36)31-30-41(51(42)45)43-33-49-44(32-46(43)53)52-40-27-16-15-26-39(40)48(34-50(52)56-49)55(37-22-11-5-12-23-37)38-24-13-6-14-25-38/h3-34H,1-2H3. The van der Waals surface area contributed by atoms with Crippen molar-refractivity contribution in [1.29, 1.82) is 0 Å². The van der Waals surface area contributed by atoms with Crippen molar-refractivity contribution in [2.75, 3.05) is 9.80 Å². The van der Waals surface area contributed by atoms with E-state index in [0.29, 0.717) is 0 Å². The summed E-state index contributed by atoms with van der Waals surface area (Å²) in [7, 11) is 0. The molecule has 56 heavy (non-hydrogen) atoms. The van der Waals surface area contributed by atoms with Gasteiger partial charge in [0.25, 0.3) is 0 Å². The van der Waals surface area contributed by atoms with Gasteiger partial charge in [0.1, 0.15) is 0 Å². The van der Waals surface area contributed by atoms with E-state index in [1.807, 2.05) is 11.3 Å². The third kappa shape index (κ3) is 4.94. The van der Waals surface area contributed by atoms with E-state index in [4.69, 9.17) is 0 Å². The summed E-state index contributed by atoms with van der Waals surface area (Å²) in [5.74, 6) is 0. The number of rotatable bonds is 6. The normalized spacial score (nSPS) is 13.0. The minimum Gasteiger partial charge on any atom is -0.310 e. The lowest BCUT2D eigenvalue weighted by atomic mass is 9.68. The first-order valence-electron chi connectivity index (χ1n) is 19.4. The highest BCUT2D eigenvalue weighted by Gasteiger charge is 2.35. The van der Waals surface area contributed by atoms with Crippen molar-refractivity contribution in [2.45, 2.75) is 19.3 Å².